The lowest BCUT2D eigenvalue weighted by Gasteiger charge is -2.05. The summed E-state index contributed by atoms with van der Waals surface area (Å²) in [7, 11) is 1.70. The number of carbonyl (C=O) groups excluding carboxylic acids is 1. The van der Waals surface area contributed by atoms with Crippen molar-refractivity contribution in [1.29, 1.82) is 0 Å². The first-order valence-electron chi connectivity index (χ1n) is 6.70. The third-order valence-electron chi connectivity index (χ3n) is 3.23. The average molecular weight is 356 g/mol. The van der Waals surface area contributed by atoms with Crippen molar-refractivity contribution in [3.63, 3.8) is 0 Å². The smallest absolute Gasteiger partial charge is 0.296 e. The lowest BCUT2D eigenvalue weighted by Crippen LogP contribution is -2.13. The maximum absolute atomic E-state index is 12.6. The minimum atomic E-state index is -4.60. The fourth-order valence-electron chi connectivity index (χ4n) is 2.30. The van der Waals surface area contributed by atoms with Gasteiger partial charge in [0.25, 0.3) is 5.91 Å². The molecular weight excluding hydrogens is 345 g/mol. The van der Waals surface area contributed by atoms with Crippen LogP contribution in [0.4, 0.5) is 18.3 Å². The Balaban J connectivity index is 1.99. The van der Waals surface area contributed by atoms with Crippen LogP contribution in [-0.2, 0) is 13.2 Å². The Morgan fingerprint density at radius 2 is 2.00 bits per heavy atom. The summed E-state index contributed by atoms with van der Waals surface area (Å²) in [5, 5.41) is 12.2. The molecule has 11 heteroatoms. The summed E-state index contributed by atoms with van der Waals surface area (Å²) in [6.07, 6.45) is -4.60. The summed E-state index contributed by atoms with van der Waals surface area (Å²) in [4.78, 5) is 16.8. The van der Waals surface area contributed by atoms with Crippen LogP contribution in [0.15, 0.2) is 6.07 Å². The Labute approximate surface area is 137 Å². The molecular formula is C13H11F3N6OS. The van der Waals surface area contributed by atoms with Crippen molar-refractivity contribution in [2.45, 2.75) is 20.0 Å². The van der Waals surface area contributed by atoms with Gasteiger partial charge in [-0.3, -0.25) is 14.8 Å². The molecule has 0 spiro atoms. The Kier molecular flexibility index (Phi) is 3.74. The zero-order chi connectivity index (χ0) is 17.6. The minimum Gasteiger partial charge on any atom is -0.296 e. The Morgan fingerprint density at radius 3 is 2.62 bits per heavy atom. The Morgan fingerprint density at radius 1 is 1.29 bits per heavy atom. The predicted octanol–water partition coefficient (Wildman–Crippen LogP) is 2.71. The van der Waals surface area contributed by atoms with Crippen molar-refractivity contribution < 1.29 is 18.0 Å². The number of hydrogen-bond donors (Lipinski definition) is 1. The summed E-state index contributed by atoms with van der Waals surface area (Å²) in [6.45, 7) is 3.44. The van der Waals surface area contributed by atoms with Crippen molar-refractivity contribution in [3.8, 4) is 0 Å². The number of fused-ring (bicyclic) bond motifs is 1. The van der Waals surface area contributed by atoms with Crippen molar-refractivity contribution >= 4 is 33.4 Å². The highest BCUT2D eigenvalue weighted by molar-refractivity contribution is 7.15. The standard InChI is InChI=1S/C13H11F3N6OS/c1-5-4-7(8-6(2)21-22(3)9(8)17-5)10(23)18-12-20-19-11(24-12)13(14,15)16/h4H,1-3H3,(H,18,20,23). The average Bonchev–Trinajstić information content (AvgIpc) is 3.04. The van der Waals surface area contributed by atoms with Crippen molar-refractivity contribution in [3.05, 3.63) is 28.0 Å². The zero-order valence-electron chi connectivity index (χ0n) is 12.8. The van der Waals surface area contributed by atoms with Crippen LogP contribution in [0.3, 0.4) is 0 Å². The monoisotopic (exact) mass is 356 g/mol. The van der Waals surface area contributed by atoms with Crippen LogP contribution in [0.5, 0.6) is 0 Å². The van der Waals surface area contributed by atoms with E-state index in [9.17, 15) is 18.0 Å². The first-order chi connectivity index (χ1) is 11.2. The van der Waals surface area contributed by atoms with Crippen LogP contribution in [-0.4, -0.2) is 30.9 Å². The molecule has 0 saturated heterocycles. The Hall–Kier alpha value is -2.56. The van der Waals surface area contributed by atoms with Crippen molar-refractivity contribution in [1.82, 2.24) is 25.0 Å². The SMILES string of the molecule is Cc1cc(C(=O)Nc2nnc(C(F)(F)F)s2)c2c(C)nn(C)c2n1. The molecule has 1 amide bonds. The van der Waals surface area contributed by atoms with E-state index in [4.69, 9.17) is 0 Å². The number of halogens is 3. The highest BCUT2D eigenvalue weighted by atomic mass is 32.1. The van der Waals surface area contributed by atoms with Crippen molar-refractivity contribution in [2.24, 2.45) is 7.05 Å². The highest BCUT2D eigenvalue weighted by Crippen LogP contribution is 2.33. The maximum Gasteiger partial charge on any atom is 0.445 e. The van der Waals surface area contributed by atoms with Crippen molar-refractivity contribution in [2.75, 3.05) is 5.32 Å². The largest absolute Gasteiger partial charge is 0.445 e. The van der Waals surface area contributed by atoms with E-state index in [0.29, 0.717) is 22.4 Å². The molecule has 3 aromatic heterocycles. The second kappa shape index (κ2) is 5.51. The molecule has 0 fully saturated rings. The van der Waals surface area contributed by atoms with Gasteiger partial charge in [-0.2, -0.15) is 18.3 Å². The molecule has 7 nitrogen and oxygen atoms in total. The second-order valence-electron chi connectivity index (χ2n) is 5.08. The van der Waals surface area contributed by atoms with Gasteiger partial charge in [0.05, 0.1) is 16.6 Å². The third kappa shape index (κ3) is 2.82. The molecule has 3 rings (SSSR count). The summed E-state index contributed by atoms with van der Waals surface area (Å²) < 4.78 is 39.2. The normalized spacial score (nSPS) is 11.9. The van der Waals surface area contributed by atoms with E-state index in [1.165, 1.54) is 0 Å². The maximum atomic E-state index is 12.6. The Bertz CT molecular complexity index is 945. The van der Waals surface area contributed by atoms with Gasteiger partial charge in [-0.1, -0.05) is 11.3 Å². The number of carbonyl (C=O) groups is 1. The molecule has 0 aliphatic rings. The summed E-state index contributed by atoms with van der Waals surface area (Å²) in [5.74, 6) is -0.591. The molecule has 1 N–H and O–H groups in total. The lowest BCUT2D eigenvalue weighted by molar-refractivity contribution is -0.138. The van der Waals surface area contributed by atoms with Gasteiger partial charge < -0.3 is 0 Å². The number of nitrogens with zero attached hydrogens (tertiary/aromatic N) is 5. The number of aromatic nitrogens is 5. The second-order valence-corrected chi connectivity index (χ2v) is 6.06. The van der Waals surface area contributed by atoms with Crippen LogP contribution >= 0.6 is 11.3 Å². The van der Waals surface area contributed by atoms with Gasteiger partial charge in [0.15, 0.2) is 5.65 Å². The topological polar surface area (TPSA) is 85.6 Å². The van der Waals surface area contributed by atoms with Crippen LogP contribution in [0.25, 0.3) is 11.0 Å². The van der Waals surface area contributed by atoms with Crippen LogP contribution in [0.1, 0.15) is 26.8 Å². The molecule has 3 aromatic rings. The number of aryl methyl sites for hydroxylation is 3. The molecule has 0 aliphatic carbocycles. The molecule has 126 valence electrons. The third-order valence-corrected chi connectivity index (χ3v) is 4.11. The number of nitrogens with one attached hydrogen (secondary N) is 1. The molecule has 24 heavy (non-hydrogen) atoms. The van der Waals surface area contributed by atoms with E-state index in [0.717, 1.165) is 0 Å². The van der Waals surface area contributed by atoms with E-state index in [-0.39, 0.29) is 22.0 Å². The minimum absolute atomic E-state index is 0.225. The van der Waals surface area contributed by atoms with Gasteiger partial charge in [0, 0.05) is 12.7 Å². The molecule has 0 saturated carbocycles. The number of pyridine rings is 1. The number of amides is 1. The quantitative estimate of drug-likeness (QED) is 0.763. The molecule has 0 aliphatic heterocycles. The number of anilines is 1. The molecule has 0 atom stereocenters. The van der Waals surface area contributed by atoms with Gasteiger partial charge in [-0.05, 0) is 19.9 Å². The lowest BCUT2D eigenvalue weighted by atomic mass is 10.1. The van der Waals surface area contributed by atoms with Gasteiger partial charge in [-0.25, -0.2) is 4.98 Å². The van der Waals surface area contributed by atoms with Gasteiger partial charge in [0.1, 0.15) is 0 Å². The highest BCUT2D eigenvalue weighted by Gasteiger charge is 2.36. The number of rotatable bonds is 2. The first kappa shape index (κ1) is 16.3. The predicted molar refractivity (Wildman–Crippen MR) is 80.8 cm³/mol. The van der Waals surface area contributed by atoms with E-state index in [1.807, 2.05) is 0 Å². The van der Waals surface area contributed by atoms with Gasteiger partial charge in [0.2, 0.25) is 10.1 Å². The molecule has 0 aromatic carbocycles. The summed E-state index contributed by atoms with van der Waals surface area (Å²) >= 11 is 0.266. The number of alkyl halides is 3. The molecule has 0 bridgehead atoms. The molecule has 0 radical (unpaired) electrons. The van der Waals surface area contributed by atoms with E-state index in [2.05, 4.69) is 25.6 Å². The van der Waals surface area contributed by atoms with Crippen LogP contribution in [0, 0.1) is 13.8 Å². The fourth-order valence-corrected chi connectivity index (χ4v) is 2.91. The van der Waals surface area contributed by atoms with Crippen LogP contribution in [0.2, 0.25) is 0 Å². The van der Waals surface area contributed by atoms with E-state index < -0.39 is 17.1 Å². The van der Waals surface area contributed by atoms with Gasteiger partial charge in [-0.15, -0.1) is 10.2 Å². The number of hydrogen-bond acceptors (Lipinski definition) is 6. The first-order valence-corrected chi connectivity index (χ1v) is 7.51. The zero-order valence-corrected chi connectivity index (χ0v) is 13.6. The van der Waals surface area contributed by atoms with E-state index in [1.54, 1.807) is 31.6 Å². The molecule has 3 heterocycles. The van der Waals surface area contributed by atoms with Crippen LogP contribution < -0.4 is 5.32 Å². The summed E-state index contributed by atoms with van der Waals surface area (Å²) in [6, 6.07) is 1.55. The van der Waals surface area contributed by atoms with Gasteiger partial charge >= 0.3 is 6.18 Å². The summed E-state index contributed by atoms with van der Waals surface area (Å²) in [5.41, 5.74) is 1.97. The fraction of sp³-hybridized carbons (Fsp3) is 0.308. The van der Waals surface area contributed by atoms with E-state index >= 15 is 0 Å². The molecule has 0 unspecified atom stereocenters.